The van der Waals surface area contributed by atoms with Crippen molar-refractivity contribution in [3.8, 4) is 0 Å². The lowest BCUT2D eigenvalue weighted by Crippen LogP contribution is -2.04. The van der Waals surface area contributed by atoms with Crippen molar-refractivity contribution in [2.24, 2.45) is 0 Å². The Hall–Kier alpha value is -3.67. The zero-order chi connectivity index (χ0) is 17.9. The minimum Gasteiger partial charge on any atom is -0.461 e. The monoisotopic (exact) mass is 344 g/mol. The van der Waals surface area contributed by atoms with Crippen LogP contribution >= 0.6 is 0 Å². The Labute approximate surface area is 149 Å². The number of nitrogens with zero attached hydrogens (tertiary/aromatic N) is 2. The Morgan fingerprint density at radius 1 is 1.08 bits per heavy atom. The summed E-state index contributed by atoms with van der Waals surface area (Å²) in [4.78, 5) is 19.1. The van der Waals surface area contributed by atoms with Crippen molar-refractivity contribution in [3.05, 3.63) is 77.8 Å². The van der Waals surface area contributed by atoms with Gasteiger partial charge in [0.1, 0.15) is 29.3 Å². The molecule has 0 saturated carbocycles. The average Bonchev–Trinajstić information content (AvgIpc) is 3.04. The van der Waals surface area contributed by atoms with Gasteiger partial charge < -0.3 is 15.5 Å². The van der Waals surface area contributed by atoms with Crippen molar-refractivity contribution in [3.63, 3.8) is 0 Å². The Morgan fingerprint density at radius 3 is 2.73 bits per heavy atom. The fraction of sp³-hybridized carbons (Fsp3) is 0.0500. The first-order valence-electron chi connectivity index (χ1n) is 8.12. The Balaban J connectivity index is 1.62. The van der Waals surface area contributed by atoms with Gasteiger partial charge in [-0.1, -0.05) is 30.3 Å². The van der Waals surface area contributed by atoms with Gasteiger partial charge in [0, 0.05) is 17.5 Å². The van der Waals surface area contributed by atoms with Crippen molar-refractivity contribution in [1.82, 2.24) is 9.97 Å². The van der Waals surface area contributed by atoms with E-state index < -0.39 is 0 Å². The highest BCUT2D eigenvalue weighted by Gasteiger charge is 2.10. The number of hydrogen-bond acceptors (Lipinski definition) is 6. The predicted molar refractivity (Wildman–Crippen MR) is 101 cm³/mol. The molecule has 6 nitrogen and oxygen atoms in total. The molecule has 0 radical (unpaired) electrons. The largest absolute Gasteiger partial charge is 0.461 e. The van der Waals surface area contributed by atoms with Crippen molar-refractivity contribution < 1.29 is 9.21 Å². The SMILES string of the molecule is Nc1ncnc(Nc2ccc3oc(Cc4ccccc4)cc3c2)c1C=O. The summed E-state index contributed by atoms with van der Waals surface area (Å²) in [5.41, 5.74) is 8.74. The van der Waals surface area contributed by atoms with Crippen LogP contribution in [0.1, 0.15) is 21.7 Å². The van der Waals surface area contributed by atoms with Crippen molar-refractivity contribution in [2.75, 3.05) is 11.1 Å². The Morgan fingerprint density at radius 2 is 1.92 bits per heavy atom. The molecule has 4 aromatic rings. The Kier molecular flexibility index (Phi) is 4.07. The van der Waals surface area contributed by atoms with Gasteiger partial charge in [-0.25, -0.2) is 9.97 Å². The number of aldehydes is 1. The number of nitrogens with one attached hydrogen (secondary N) is 1. The van der Waals surface area contributed by atoms with E-state index in [0.717, 1.165) is 28.8 Å². The van der Waals surface area contributed by atoms with Crippen molar-refractivity contribution in [1.29, 1.82) is 0 Å². The van der Waals surface area contributed by atoms with Crippen LogP contribution in [0.25, 0.3) is 11.0 Å². The third-order valence-electron chi connectivity index (χ3n) is 4.08. The van der Waals surface area contributed by atoms with Gasteiger partial charge in [-0.15, -0.1) is 0 Å². The molecule has 0 aliphatic rings. The second kappa shape index (κ2) is 6.68. The molecule has 2 heterocycles. The van der Waals surface area contributed by atoms with Crippen molar-refractivity contribution >= 4 is 34.6 Å². The number of fused-ring (bicyclic) bond motifs is 1. The van der Waals surface area contributed by atoms with Gasteiger partial charge in [0.2, 0.25) is 0 Å². The number of benzene rings is 2. The summed E-state index contributed by atoms with van der Waals surface area (Å²) in [5, 5.41) is 4.08. The summed E-state index contributed by atoms with van der Waals surface area (Å²) in [5.74, 6) is 1.41. The number of aromatic nitrogens is 2. The van der Waals surface area contributed by atoms with Crippen LogP contribution in [-0.2, 0) is 6.42 Å². The molecule has 0 saturated heterocycles. The maximum atomic E-state index is 11.2. The summed E-state index contributed by atoms with van der Waals surface area (Å²) in [7, 11) is 0. The Bertz CT molecular complexity index is 1070. The molecule has 4 rings (SSSR count). The molecule has 128 valence electrons. The number of nitrogens with two attached hydrogens (primary N) is 1. The fourth-order valence-corrected chi connectivity index (χ4v) is 2.82. The van der Waals surface area contributed by atoms with Crippen LogP contribution < -0.4 is 11.1 Å². The molecule has 2 aromatic heterocycles. The minimum absolute atomic E-state index is 0.145. The van der Waals surface area contributed by atoms with Gasteiger partial charge in [0.05, 0.1) is 5.56 Å². The first-order chi connectivity index (χ1) is 12.7. The first-order valence-corrected chi connectivity index (χ1v) is 8.12. The maximum absolute atomic E-state index is 11.2. The van der Waals surface area contributed by atoms with E-state index in [0.29, 0.717) is 12.1 Å². The number of hydrogen-bond donors (Lipinski definition) is 2. The number of nitrogen functional groups attached to an aromatic ring is 1. The van der Waals surface area contributed by atoms with Crippen LogP contribution in [0.5, 0.6) is 0 Å². The number of anilines is 3. The highest BCUT2D eigenvalue weighted by atomic mass is 16.3. The van der Waals surface area contributed by atoms with Gasteiger partial charge in [-0.2, -0.15) is 0 Å². The quantitative estimate of drug-likeness (QED) is 0.532. The summed E-state index contributed by atoms with van der Waals surface area (Å²) in [6.07, 6.45) is 2.70. The van der Waals surface area contributed by atoms with Crippen LogP contribution in [0.15, 0.2) is 65.3 Å². The second-order valence-electron chi connectivity index (χ2n) is 5.89. The molecule has 3 N–H and O–H groups in total. The molecule has 0 spiro atoms. The number of rotatable bonds is 5. The lowest BCUT2D eigenvalue weighted by atomic mass is 10.1. The molecule has 0 atom stereocenters. The summed E-state index contributed by atoms with van der Waals surface area (Å²) in [6, 6.07) is 17.9. The van der Waals surface area contributed by atoms with E-state index in [1.54, 1.807) is 0 Å². The van der Waals surface area contributed by atoms with Crippen LogP contribution in [0.4, 0.5) is 17.3 Å². The van der Waals surface area contributed by atoms with Gasteiger partial charge >= 0.3 is 0 Å². The molecular weight excluding hydrogens is 328 g/mol. The molecule has 0 aliphatic carbocycles. The molecule has 0 aliphatic heterocycles. The van der Waals surface area contributed by atoms with E-state index in [4.69, 9.17) is 10.2 Å². The highest BCUT2D eigenvalue weighted by Crippen LogP contribution is 2.27. The summed E-state index contributed by atoms with van der Waals surface area (Å²) < 4.78 is 5.91. The smallest absolute Gasteiger partial charge is 0.157 e. The van der Waals surface area contributed by atoms with E-state index in [9.17, 15) is 4.79 Å². The predicted octanol–water partition coefficient (Wildman–Crippen LogP) is 3.95. The van der Waals surface area contributed by atoms with Crippen LogP contribution in [0.3, 0.4) is 0 Å². The molecule has 0 unspecified atom stereocenters. The van der Waals surface area contributed by atoms with Crippen LogP contribution in [0.2, 0.25) is 0 Å². The van der Waals surface area contributed by atoms with Crippen LogP contribution in [-0.4, -0.2) is 16.3 Å². The number of carbonyl (C=O) groups is 1. The molecule has 0 fully saturated rings. The van der Waals surface area contributed by atoms with E-state index in [-0.39, 0.29) is 11.4 Å². The molecule has 2 aromatic carbocycles. The number of carbonyl (C=O) groups excluding carboxylic acids is 1. The van der Waals surface area contributed by atoms with E-state index in [2.05, 4.69) is 27.4 Å². The lowest BCUT2D eigenvalue weighted by Gasteiger charge is -2.08. The number of furan rings is 1. The van der Waals surface area contributed by atoms with Gasteiger partial charge in [0.15, 0.2) is 6.29 Å². The van der Waals surface area contributed by atoms with Gasteiger partial charge in [0.25, 0.3) is 0 Å². The molecular formula is C20H16N4O2. The molecule has 0 amide bonds. The standard InChI is InChI=1S/C20H16N4O2/c21-19-17(11-25)20(23-12-22-19)24-15-6-7-18-14(9-15)10-16(26-18)8-13-4-2-1-3-5-13/h1-7,9-12H,8H2,(H3,21,22,23,24). The summed E-state index contributed by atoms with van der Waals surface area (Å²) >= 11 is 0. The lowest BCUT2D eigenvalue weighted by molar-refractivity contribution is 0.112. The second-order valence-corrected chi connectivity index (χ2v) is 5.89. The zero-order valence-corrected chi connectivity index (χ0v) is 13.8. The fourth-order valence-electron chi connectivity index (χ4n) is 2.82. The minimum atomic E-state index is 0.145. The summed E-state index contributed by atoms with van der Waals surface area (Å²) in [6.45, 7) is 0. The van der Waals surface area contributed by atoms with Gasteiger partial charge in [-0.3, -0.25) is 4.79 Å². The van der Waals surface area contributed by atoms with Crippen molar-refractivity contribution in [2.45, 2.75) is 6.42 Å². The van der Waals surface area contributed by atoms with Crippen LogP contribution in [0, 0.1) is 0 Å². The first kappa shape index (κ1) is 15.8. The maximum Gasteiger partial charge on any atom is 0.157 e. The third kappa shape index (κ3) is 3.12. The topological polar surface area (TPSA) is 94.0 Å². The van der Waals surface area contributed by atoms with E-state index in [1.165, 1.54) is 11.9 Å². The zero-order valence-electron chi connectivity index (χ0n) is 13.8. The molecule has 0 bridgehead atoms. The van der Waals surface area contributed by atoms with E-state index in [1.807, 2.05) is 42.5 Å². The third-order valence-corrected chi connectivity index (χ3v) is 4.08. The average molecular weight is 344 g/mol. The van der Waals surface area contributed by atoms with Gasteiger partial charge in [-0.05, 0) is 29.8 Å². The highest BCUT2D eigenvalue weighted by molar-refractivity contribution is 5.90. The normalized spacial score (nSPS) is 10.8. The molecule has 6 heteroatoms. The molecule has 26 heavy (non-hydrogen) atoms. The van der Waals surface area contributed by atoms with E-state index >= 15 is 0 Å².